The Bertz CT molecular complexity index is 584. The predicted octanol–water partition coefficient (Wildman–Crippen LogP) is 1.21. The van der Waals surface area contributed by atoms with Crippen molar-refractivity contribution in [3.05, 3.63) is 18.0 Å². The Kier molecular flexibility index (Phi) is 7.59. The number of carboxylic acid groups (broad SMARTS) is 1. The van der Waals surface area contributed by atoms with Crippen molar-refractivity contribution in [3.8, 4) is 0 Å². The van der Waals surface area contributed by atoms with Gasteiger partial charge >= 0.3 is 0 Å². The molecule has 0 saturated carbocycles. The second kappa shape index (κ2) is 9.68. The van der Waals surface area contributed by atoms with E-state index in [1.807, 2.05) is 22.7 Å². The van der Waals surface area contributed by atoms with Gasteiger partial charge in [-0.05, 0) is 39.2 Å². The Hall–Kier alpha value is -1.93. The predicted molar refractivity (Wildman–Crippen MR) is 96.7 cm³/mol. The molecule has 2 aliphatic heterocycles. The van der Waals surface area contributed by atoms with Crippen molar-refractivity contribution in [3.63, 3.8) is 0 Å². The molecule has 1 aromatic rings. The molecular weight excluding hydrogens is 336 g/mol. The molecule has 0 radical (unpaired) electrons. The fourth-order valence-electron chi connectivity index (χ4n) is 3.51. The first-order chi connectivity index (χ1) is 12.5. The van der Waals surface area contributed by atoms with Gasteiger partial charge in [-0.15, -0.1) is 0 Å². The van der Waals surface area contributed by atoms with Gasteiger partial charge in [0.25, 0.3) is 12.4 Å². The monoisotopic (exact) mass is 366 g/mol. The van der Waals surface area contributed by atoms with E-state index in [-0.39, 0.29) is 12.4 Å². The van der Waals surface area contributed by atoms with E-state index in [1.54, 1.807) is 0 Å². The summed E-state index contributed by atoms with van der Waals surface area (Å²) in [6.45, 7) is 9.80. The summed E-state index contributed by atoms with van der Waals surface area (Å²) in [6, 6.07) is 2.09. The molecule has 1 amide bonds. The van der Waals surface area contributed by atoms with Gasteiger partial charge in [0.2, 0.25) is 0 Å². The summed E-state index contributed by atoms with van der Waals surface area (Å²) in [6.07, 6.45) is 4.88. The number of hydrogen-bond donors (Lipinski definition) is 1. The van der Waals surface area contributed by atoms with Crippen molar-refractivity contribution in [2.45, 2.75) is 51.8 Å². The lowest BCUT2D eigenvalue weighted by Crippen LogP contribution is -2.48. The first-order valence-electron chi connectivity index (χ1n) is 9.28. The number of hydrogen-bond acceptors (Lipinski definition) is 5. The Morgan fingerprint density at radius 1 is 1.35 bits per heavy atom. The Balaban J connectivity index is 0.000000758. The van der Waals surface area contributed by atoms with Gasteiger partial charge in [0.05, 0.1) is 5.69 Å². The average molecular weight is 366 g/mol. The zero-order chi connectivity index (χ0) is 19.0. The molecule has 1 atom stereocenters. The lowest BCUT2D eigenvalue weighted by atomic mass is 10.0. The van der Waals surface area contributed by atoms with Crippen LogP contribution in [0.25, 0.3) is 0 Å². The highest BCUT2D eigenvalue weighted by Gasteiger charge is 2.40. The van der Waals surface area contributed by atoms with Crippen LogP contribution < -0.4 is 0 Å². The minimum atomic E-state index is -0.588. The third-order valence-electron chi connectivity index (χ3n) is 4.95. The van der Waals surface area contributed by atoms with E-state index in [1.165, 1.54) is 0 Å². The third-order valence-corrected chi connectivity index (χ3v) is 4.95. The van der Waals surface area contributed by atoms with Gasteiger partial charge < -0.3 is 14.7 Å². The highest BCUT2D eigenvalue weighted by molar-refractivity contribution is 5.85. The minimum Gasteiger partial charge on any atom is -0.483 e. The Morgan fingerprint density at radius 2 is 2.12 bits per heavy atom. The summed E-state index contributed by atoms with van der Waals surface area (Å²) in [5, 5.41) is 11.4. The fourth-order valence-corrected chi connectivity index (χ4v) is 3.51. The molecule has 3 heterocycles. The zero-order valence-corrected chi connectivity index (χ0v) is 15.8. The van der Waals surface area contributed by atoms with E-state index in [0.29, 0.717) is 6.61 Å². The molecule has 0 aromatic carbocycles. The number of aryl methyl sites for hydroxylation is 1. The molecule has 2 aliphatic rings. The zero-order valence-electron chi connectivity index (χ0n) is 15.8. The van der Waals surface area contributed by atoms with Crippen LogP contribution >= 0.6 is 0 Å². The standard InChI is InChI=1S/C17H28N4O2.CH2O2/c1-3-21-10-6-15(18-21)14-19-8-5-9-20(12-11-19)16(22)17(2)7-4-13-23-17;2-1-3/h6,10H,3-5,7-9,11-14H2,1-2H3;1H,(H,2,3). The molecule has 146 valence electrons. The summed E-state index contributed by atoms with van der Waals surface area (Å²) in [5.74, 6) is 0.173. The van der Waals surface area contributed by atoms with E-state index in [2.05, 4.69) is 23.0 Å². The van der Waals surface area contributed by atoms with E-state index < -0.39 is 5.60 Å². The molecule has 1 unspecified atom stereocenters. The Morgan fingerprint density at radius 3 is 2.73 bits per heavy atom. The third kappa shape index (κ3) is 5.28. The first-order valence-corrected chi connectivity index (χ1v) is 9.28. The first kappa shape index (κ1) is 20.4. The number of ether oxygens (including phenoxy) is 1. The fraction of sp³-hybridized carbons (Fsp3) is 0.722. The highest BCUT2D eigenvalue weighted by Crippen LogP contribution is 2.27. The van der Waals surface area contributed by atoms with Crippen LogP contribution in [0, 0.1) is 0 Å². The largest absolute Gasteiger partial charge is 0.483 e. The molecule has 3 rings (SSSR count). The van der Waals surface area contributed by atoms with Gasteiger partial charge in [0, 0.05) is 52.1 Å². The number of amides is 1. The molecule has 0 spiro atoms. The maximum Gasteiger partial charge on any atom is 0.290 e. The topological polar surface area (TPSA) is 87.9 Å². The number of nitrogens with zero attached hydrogens (tertiary/aromatic N) is 4. The van der Waals surface area contributed by atoms with Crippen molar-refractivity contribution >= 4 is 12.4 Å². The van der Waals surface area contributed by atoms with Gasteiger partial charge in [-0.2, -0.15) is 5.10 Å². The molecule has 8 nitrogen and oxygen atoms in total. The van der Waals surface area contributed by atoms with Gasteiger partial charge in [-0.1, -0.05) is 0 Å². The number of aromatic nitrogens is 2. The van der Waals surface area contributed by atoms with Crippen LogP contribution in [0.15, 0.2) is 12.3 Å². The molecule has 8 heteroatoms. The van der Waals surface area contributed by atoms with Crippen LogP contribution in [-0.4, -0.2) is 75.5 Å². The minimum absolute atomic E-state index is 0.173. The van der Waals surface area contributed by atoms with E-state index >= 15 is 0 Å². The van der Waals surface area contributed by atoms with E-state index in [9.17, 15) is 4.79 Å². The van der Waals surface area contributed by atoms with Crippen molar-refractivity contribution in [2.75, 3.05) is 32.8 Å². The van der Waals surface area contributed by atoms with Crippen molar-refractivity contribution in [2.24, 2.45) is 0 Å². The normalized spacial score (nSPS) is 23.8. The lowest BCUT2D eigenvalue weighted by Gasteiger charge is -2.30. The SMILES string of the molecule is CCn1ccc(CN2CCCN(C(=O)C3(C)CCCO3)CC2)n1.O=CO. The van der Waals surface area contributed by atoms with Gasteiger partial charge in [-0.3, -0.25) is 19.2 Å². The molecular formula is C18H30N4O4. The molecule has 26 heavy (non-hydrogen) atoms. The lowest BCUT2D eigenvalue weighted by molar-refractivity contribution is -0.150. The van der Waals surface area contributed by atoms with Crippen molar-refractivity contribution in [1.82, 2.24) is 19.6 Å². The average Bonchev–Trinajstić information content (AvgIpc) is 3.20. The Labute approximate surface area is 154 Å². The van der Waals surface area contributed by atoms with Crippen LogP contribution in [0.5, 0.6) is 0 Å². The molecule has 0 aliphatic carbocycles. The van der Waals surface area contributed by atoms with Crippen LogP contribution in [0.1, 0.15) is 38.8 Å². The van der Waals surface area contributed by atoms with Crippen LogP contribution in [0.3, 0.4) is 0 Å². The van der Waals surface area contributed by atoms with Crippen molar-refractivity contribution in [1.29, 1.82) is 0 Å². The quantitative estimate of drug-likeness (QED) is 0.806. The summed E-state index contributed by atoms with van der Waals surface area (Å²) in [4.78, 5) is 25.5. The smallest absolute Gasteiger partial charge is 0.290 e. The van der Waals surface area contributed by atoms with Crippen LogP contribution in [0.4, 0.5) is 0 Å². The van der Waals surface area contributed by atoms with Crippen LogP contribution in [0.2, 0.25) is 0 Å². The number of rotatable bonds is 4. The van der Waals surface area contributed by atoms with Gasteiger partial charge in [-0.25, -0.2) is 0 Å². The molecule has 0 bridgehead atoms. The maximum absolute atomic E-state index is 12.7. The van der Waals surface area contributed by atoms with E-state index in [4.69, 9.17) is 14.6 Å². The summed E-state index contributed by atoms with van der Waals surface area (Å²) >= 11 is 0. The second-order valence-corrected chi connectivity index (χ2v) is 6.87. The van der Waals surface area contributed by atoms with E-state index in [0.717, 1.165) is 64.2 Å². The van der Waals surface area contributed by atoms with Gasteiger partial charge in [0.15, 0.2) is 0 Å². The van der Waals surface area contributed by atoms with Gasteiger partial charge in [0.1, 0.15) is 5.60 Å². The summed E-state index contributed by atoms with van der Waals surface area (Å²) in [5.41, 5.74) is 0.521. The summed E-state index contributed by atoms with van der Waals surface area (Å²) < 4.78 is 7.68. The molecule has 2 saturated heterocycles. The molecule has 1 N–H and O–H groups in total. The maximum atomic E-state index is 12.7. The highest BCUT2D eigenvalue weighted by atomic mass is 16.5. The second-order valence-electron chi connectivity index (χ2n) is 6.87. The summed E-state index contributed by atoms with van der Waals surface area (Å²) in [7, 11) is 0. The van der Waals surface area contributed by atoms with Crippen molar-refractivity contribution < 1.29 is 19.4 Å². The molecule has 2 fully saturated rings. The molecule has 1 aromatic heterocycles. The van der Waals surface area contributed by atoms with Crippen LogP contribution in [-0.2, 0) is 27.4 Å². The number of carbonyl (C=O) groups excluding carboxylic acids is 1. The number of carbonyl (C=O) groups is 2.